The number of carbonyl (C=O) groups is 1. The third kappa shape index (κ3) is 7.77. The molecule has 0 spiro atoms. The molecule has 0 aromatic heterocycles. The van der Waals surface area contributed by atoms with Gasteiger partial charge < -0.3 is 10.6 Å². The van der Waals surface area contributed by atoms with E-state index >= 15 is 0 Å². The first kappa shape index (κ1) is 15.0. The van der Waals surface area contributed by atoms with Gasteiger partial charge in [0.1, 0.15) is 0 Å². The summed E-state index contributed by atoms with van der Waals surface area (Å²) in [4.78, 5) is 11.4. The second-order valence-corrected chi connectivity index (χ2v) is 5.88. The average molecular weight is 288 g/mol. The summed E-state index contributed by atoms with van der Waals surface area (Å²) in [6.07, 6.45) is 0.337. The number of hydrogen-bond donors (Lipinski definition) is 2. The highest BCUT2D eigenvalue weighted by molar-refractivity contribution is 8.00. The highest BCUT2D eigenvalue weighted by Crippen LogP contribution is 2.29. The largest absolute Gasteiger partial charge is 0.441 e. The number of carbonyl (C=O) groups excluding carboxylic acids is 1. The summed E-state index contributed by atoms with van der Waals surface area (Å²) >= 11 is 1.67. The normalized spacial score (nSPS) is 21.2. The van der Waals surface area contributed by atoms with Gasteiger partial charge in [-0.15, -0.1) is 0 Å². The molecule has 3 nitrogen and oxygen atoms in total. The molecule has 1 unspecified atom stereocenters. The smallest absolute Gasteiger partial charge is 0.355 e. The van der Waals surface area contributed by atoms with Gasteiger partial charge in [-0.1, -0.05) is 0 Å². The van der Waals surface area contributed by atoms with E-state index in [1.54, 1.807) is 11.8 Å². The van der Waals surface area contributed by atoms with Crippen LogP contribution in [0.2, 0.25) is 0 Å². The summed E-state index contributed by atoms with van der Waals surface area (Å²) in [6, 6.07) is 0.143. The van der Waals surface area contributed by atoms with E-state index in [2.05, 4.69) is 10.6 Å². The predicted molar refractivity (Wildman–Crippen MR) is 65.3 cm³/mol. The predicted octanol–water partition coefficient (Wildman–Crippen LogP) is 1.45. The zero-order valence-corrected chi connectivity index (χ0v) is 10.8. The Kier molecular flexibility index (Phi) is 6.50. The molecule has 100 valence electrons. The molecule has 2 N–H and O–H groups in total. The van der Waals surface area contributed by atoms with E-state index in [4.69, 9.17) is 0 Å². The molecule has 17 heavy (non-hydrogen) atoms. The minimum atomic E-state index is -4.22. The SMILES string of the molecule is O=C(CC1CSCCN1)NCCSC(F)(F)F. The first-order valence-corrected chi connectivity index (χ1v) is 7.40. The Morgan fingerprint density at radius 3 is 2.88 bits per heavy atom. The zero-order valence-electron chi connectivity index (χ0n) is 9.18. The molecule has 1 heterocycles. The molecule has 1 aliphatic heterocycles. The fourth-order valence-electron chi connectivity index (χ4n) is 1.40. The summed E-state index contributed by atoms with van der Waals surface area (Å²) < 4.78 is 35.4. The summed E-state index contributed by atoms with van der Waals surface area (Å²) in [6.45, 7) is 0.940. The Hall–Kier alpha value is -0.0800. The number of hydrogen-bond acceptors (Lipinski definition) is 4. The number of nitrogens with one attached hydrogen (secondary N) is 2. The van der Waals surface area contributed by atoms with Gasteiger partial charge in [0.15, 0.2) is 0 Å². The molecule has 0 saturated carbocycles. The zero-order chi connectivity index (χ0) is 12.7. The summed E-state index contributed by atoms with van der Waals surface area (Å²) in [7, 11) is 0. The van der Waals surface area contributed by atoms with E-state index in [1.807, 2.05) is 0 Å². The van der Waals surface area contributed by atoms with Crippen molar-refractivity contribution >= 4 is 29.4 Å². The van der Waals surface area contributed by atoms with Gasteiger partial charge in [0.25, 0.3) is 0 Å². The van der Waals surface area contributed by atoms with E-state index in [0.717, 1.165) is 18.1 Å². The molecule has 0 aromatic carbocycles. The first-order valence-electron chi connectivity index (χ1n) is 5.26. The number of halogens is 3. The Morgan fingerprint density at radius 1 is 1.53 bits per heavy atom. The standard InChI is InChI=1S/C9H15F3N2OS2/c10-9(11,12)17-4-2-14-8(15)5-7-6-16-3-1-13-7/h7,13H,1-6H2,(H,14,15). The highest BCUT2D eigenvalue weighted by atomic mass is 32.2. The summed E-state index contributed by atoms with van der Waals surface area (Å²) in [5.74, 6) is 1.60. The van der Waals surface area contributed by atoms with Crippen molar-refractivity contribution in [2.45, 2.75) is 18.0 Å². The summed E-state index contributed by atoms with van der Waals surface area (Å²) in [5.41, 5.74) is -4.22. The number of alkyl halides is 3. The molecule has 1 amide bonds. The Bertz CT molecular complexity index is 245. The Morgan fingerprint density at radius 2 is 2.29 bits per heavy atom. The van der Waals surface area contributed by atoms with Gasteiger partial charge in [-0.05, 0) is 11.8 Å². The second-order valence-electron chi connectivity index (χ2n) is 3.57. The average Bonchev–Trinajstić information content (AvgIpc) is 2.25. The van der Waals surface area contributed by atoms with Gasteiger partial charge in [-0.3, -0.25) is 4.79 Å². The van der Waals surface area contributed by atoms with Gasteiger partial charge in [0, 0.05) is 42.8 Å². The van der Waals surface area contributed by atoms with Crippen LogP contribution in [0.25, 0.3) is 0 Å². The molecule has 0 aromatic rings. The fourth-order valence-corrected chi connectivity index (χ4v) is 2.79. The van der Waals surface area contributed by atoms with Crippen molar-refractivity contribution in [3.05, 3.63) is 0 Å². The van der Waals surface area contributed by atoms with Crippen LogP contribution in [0.3, 0.4) is 0 Å². The molecular formula is C9H15F3N2OS2. The highest BCUT2D eigenvalue weighted by Gasteiger charge is 2.27. The van der Waals surface area contributed by atoms with Crippen LogP contribution in [-0.4, -0.2) is 47.8 Å². The monoisotopic (exact) mass is 288 g/mol. The first-order chi connectivity index (χ1) is 7.97. The Labute approximate surface area is 107 Å². The minimum Gasteiger partial charge on any atom is -0.355 e. The van der Waals surface area contributed by atoms with Crippen molar-refractivity contribution in [3.63, 3.8) is 0 Å². The molecule has 8 heteroatoms. The number of thioether (sulfide) groups is 2. The van der Waals surface area contributed by atoms with Crippen LogP contribution in [0.5, 0.6) is 0 Å². The quantitative estimate of drug-likeness (QED) is 0.751. The molecule has 1 atom stereocenters. The van der Waals surface area contributed by atoms with Crippen molar-refractivity contribution in [1.29, 1.82) is 0 Å². The van der Waals surface area contributed by atoms with Gasteiger partial charge >= 0.3 is 5.51 Å². The van der Waals surface area contributed by atoms with E-state index in [0.29, 0.717) is 6.42 Å². The van der Waals surface area contributed by atoms with Crippen molar-refractivity contribution in [1.82, 2.24) is 10.6 Å². The fraction of sp³-hybridized carbons (Fsp3) is 0.889. The maximum absolute atomic E-state index is 11.8. The number of rotatable bonds is 5. The molecule has 1 fully saturated rings. The lowest BCUT2D eigenvalue weighted by atomic mass is 10.2. The van der Waals surface area contributed by atoms with Crippen LogP contribution in [-0.2, 0) is 4.79 Å². The van der Waals surface area contributed by atoms with E-state index in [1.165, 1.54) is 0 Å². The van der Waals surface area contributed by atoms with Crippen molar-refractivity contribution in [3.8, 4) is 0 Å². The van der Waals surface area contributed by atoms with E-state index in [-0.39, 0.29) is 36.0 Å². The third-order valence-corrected chi connectivity index (χ3v) is 3.99. The summed E-state index contributed by atoms with van der Waals surface area (Å²) in [5, 5.41) is 5.69. The molecule has 1 saturated heterocycles. The van der Waals surface area contributed by atoms with Gasteiger partial charge in [-0.25, -0.2) is 0 Å². The van der Waals surface area contributed by atoms with E-state index < -0.39 is 5.51 Å². The molecule has 0 radical (unpaired) electrons. The van der Waals surface area contributed by atoms with Crippen LogP contribution >= 0.6 is 23.5 Å². The van der Waals surface area contributed by atoms with Crippen LogP contribution < -0.4 is 10.6 Å². The molecule has 0 bridgehead atoms. The van der Waals surface area contributed by atoms with Crippen LogP contribution in [0, 0.1) is 0 Å². The Balaban J connectivity index is 2.04. The van der Waals surface area contributed by atoms with Crippen LogP contribution in [0.1, 0.15) is 6.42 Å². The maximum Gasteiger partial charge on any atom is 0.441 e. The van der Waals surface area contributed by atoms with Crippen molar-refractivity contribution in [2.24, 2.45) is 0 Å². The maximum atomic E-state index is 11.8. The third-order valence-electron chi connectivity index (χ3n) is 2.12. The second kappa shape index (κ2) is 7.38. The molecule has 1 rings (SSSR count). The van der Waals surface area contributed by atoms with Crippen molar-refractivity contribution < 1.29 is 18.0 Å². The van der Waals surface area contributed by atoms with E-state index in [9.17, 15) is 18.0 Å². The van der Waals surface area contributed by atoms with Gasteiger partial charge in [0.2, 0.25) is 5.91 Å². The van der Waals surface area contributed by atoms with Crippen LogP contribution in [0.4, 0.5) is 13.2 Å². The van der Waals surface area contributed by atoms with Crippen LogP contribution in [0.15, 0.2) is 0 Å². The topological polar surface area (TPSA) is 41.1 Å². The molecule has 1 aliphatic rings. The van der Waals surface area contributed by atoms with Crippen molar-refractivity contribution in [2.75, 3.05) is 30.3 Å². The lowest BCUT2D eigenvalue weighted by Gasteiger charge is -2.22. The lowest BCUT2D eigenvalue weighted by molar-refractivity contribution is -0.121. The minimum absolute atomic E-state index is 0.0584. The lowest BCUT2D eigenvalue weighted by Crippen LogP contribution is -2.41. The molecule has 0 aliphatic carbocycles. The molecular weight excluding hydrogens is 273 g/mol. The van der Waals surface area contributed by atoms with Gasteiger partial charge in [0.05, 0.1) is 0 Å². The number of amides is 1. The van der Waals surface area contributed by atoms with Gasteiger partial charge in [-0.2, -0.15) is 24.9 Å².